The molecule has 0 radical (unpaired) electrons. The van der Waals surface area contributed by atoms with Crippen molar-refractivity contribution in [1.82, 2.24) is 0 Å². The Morgan fingerprint density at radius 1 is 0.636 bits per heavy atom. The van der Waals surface area contributed by atoms with Crippen LogP contribution in [0.25, 0.3) is 0 Å². The lowest BCUT2D eigenvalue weighted by Crippen LogP contribution is -2.67. The highest BCUT2D eigenvalue weighted by Crippen LogP contribution is 2.34. The summed E-state index contributed by atoms with van der Waals surface area (Å²) in [6, 6.07) is 7.23. The number of aliphatic imine (C=N–C) groups is 1. The Hall–Kier alpha value is -3.34. The molecule has 4 fully saturated rings. The first kappa shape index (κ1) is 42.8. The van der Waals surface area contributed by atoms with Crippen LogP contribution in [0.15, 0.2) is 35.3 Å². The first-order valence-electron chi connectivity index (χ1n) is 16.8. The van der Waals surface area contributed by atoms with Crippen LogP contribution in [0.5, 0.6) is 0 Å². The number of carboxylic acids is 2. The standard InChI is InChI=1S/C32H43NO22/c1-33-7-8-47-30-19(41)21(16(38)23(54-30)26(42)43)52-31-18(40)20(13(35)10-49-31)51-32-25(50-28(46)11-5-3-2-4-6-11)22(17(39)24(55-32)27(44)45)53-29-15(37)14(36)12(34)9-48-29/h2-6,12-25,29-32,34-41H,1,7-10H2,(H,42,43)(H,44,45)/t12-,13-,14?,15?,16+,17+,18?,19?,20?,21?,22?,23?,24?,25?,29-,30-,31-,32-/m1/s1. The van der Waals surface area contributed by atoms with Gasteiger partial charge in [0.15, 0.2) is 43.5 Å². The Bertz CT molecular complexity index is 1460. The minimum absolute atomic E-state index is 0.0235. The van der Waals surface area contributed by atoms with E-state index in [1.165, 1.54) is 24.3 Å². The van der Waals surface area contributed by atoms with Crippen LogP contribution in [0.4, 0.5) is 0 Å². The number of ether oxygens (including phenoxy) is 9. The Balaban J connectivity index is 1.42. The number of aliphatic hydroxyl groups excluding tert-OH is 8. The molecule has 4 heterocycles. The quantitative estimate of drug-likeness (QED) is 0.0476. The van der Waals surface area contributed by atoms with Gasteiger partial charge < -0.3 is 93.7 Å². The highest BCUT2D eigenvalue weighted by atomic mass is 16.8. The van der Waals surface area contributed by atoms with Crippen molar-refractivity contribution in [2.75, 3.05) is 26.4 Å². The second kappa shape index (κ2) is 18.7. The number of rotatable bonds is 14. The zero-order valence-electron chi connectivity index (χ0n) is 28.6. The fourth-order valence-corrected chi connectivity index (χ4v) is 6.18. The fraction of sp³-hybridized carbons (Fsp3) is 0.688. The summed E-state index contributed by atoms with van der Waals surface area (Å²) in [4.78, 5) is 41.0. The molecule has 4 aliphatic rings. The highest BCUT2D eigenvalue weighted by molar-refractivity contribution is 5.89. The third-order valence-electron chi connectivity index (χ3n) is 9.09. The van der Waals surface area contributed by atoms with E-state index in [1.807, 2.05) is 0 Å². The van der Waals surface area contributed by atoms with Crippen LogP contribution in [-0.4, -0.2) is 213 Å². The van der Waals surface area contributed by atoms with Crippen LogP contribution in [0, 0.1) is 0 Å². The summed E-state index contributed by atoms with van der Waals surface area (Å²) in [5.74, 6) is -4.56. The van der Waals surface area contributed by atoms with Crippen LogP contribution in [0.1, 0.15) is 10.4 Å². The van der Waals surface area contributed by atoms with Gasteiger partial charge in [-0.3, -0.25) is 4.99 Å². The zero-order valence-corrected chi connectivity index (χ0v) is 28.6. The number of carboxylic acid groups (broad SMARTS) is 2. The minimum Gasteiger partial charge on any atom is -0.479 e. The molecular weight excluding hydrogens is 750 g/mol. The maximum absolute atomic E-state index is 13.3. The van der Waals surface area contributed by atoms with Crippen molar-refractivity contribution in [2.45, 2.75) is 111 Å². The lowest BCUT2D eigenvalue weighted by Gasteiger charge is -2.47. The van der Waals surface area contributed by atoms with E-state index < -0.39 is 142 Å². The lowest BCUT2D eigenvalue weighted by atomic mass is 9.96. The molecule has 0 saturated carbocycles. The molecule has 0 aromatic heterocycles. The van der Waals surface area contributed by atoms with Gasteiger partial charge in [-0.15, -0.1) is 0 Å². The first-order valence-corrected chi connectivity index (χ1v) is 16.8. The summed E-state index contributed by atoms with van der Waals surface area (Å²) in [6.07, 6.45) is -35.1. The third-order valence-corrected chi connectivity index (χ3v) is 9.09. The predicted octanol–water partition coefficient (Wildman–Crippen LogP) is -5.70. The molecule has 55 heavy (non-hydrogen) atoms. The summed E-state index contributed by atoms with van der Waals surface area (Å²) in [5, 5.41) is 105. The first-order chi connectivity index (χ1) is 26.1. The normalized spacial score (nSPS) is 42.3. The molecule has 18 atom stereocenters. The Labute approximate surface area is 310 Å². The fourth-order valence-electron chi connectivity index (χ4n) is 6.18. The van der Waals surface area contributed by atoms with Crippen molar-refractivity contribution in [3.63, 3.8) is 0 Å². The van der Waals surface area contributed by atoms with Gasteiger partial charge in [0.05, 0.1) is 31.9 Å². The molecule has 4 saturated heterocycles. The molecule has 10 unspecified atom stereocenters. The van der Waals surface area contributed by atoms with E-state index in [9.17, 15) is 65.4 Å². The summed E-state index contributed by atoms with van der Waals surface area (Å²) >= 11 is 0. The van der Waals surface area contributed by atoms with Crippen molar-refractivity contribution < 1.29 is 108 Å². The number of carbonyl (C=O) groups is 3. The van der Waals surface area contributed by atoms with E-state index in [2.05, 4.69) is 11.7 Å². The molecule has 23 nitrogen and oxygen atoms in total. The molecule has 0 bridgehead atoms. The monoisotopic (exact) mass is 793 g/mol. The van der Waals surface area contributed by atoms with E-state index in [0.29, 0.717) is 0 Å². The van der Waals surface area contributed by atoms with Gasteiger partial charge in [-0.2, -0.15) is 0 Å². The molecule has 23 heteroatoms. The minimum atomic E-state index is -2.23. The SMILES string of the molecule is C=NCCO[C@@H]1OC(C(=O)O)[C@@H](O)C(O[C@H]2OC[C@@H](O)C(O[C@@H]3OC(C(=O)O)[C@@H](O)C(O[C@H]4OC[C@@H](O)C(O)C4O)C3OC(=O)c3ccccc3)C2O)C1O. The average molecular weight is 794 g/mol. The van der Waals surface area contributed by atoms with Gasteiger partial charge in [-0.1, -0.05) is 18.2 Å². The largest absolute Gasteiger partial charge is 0.479 e. The van der Waals surface area contributed by atoms with E-state index >= 15 is 0 Å². The van der Waals surface area contributed by atoms with Gasteiger partial charge in [0.1, 0.15) is 67.1 Å². The van der Waals surface area contributed by atoms with Crippen LogP contribution in [-0.2, 0) is 52.2 Å². The average Bonchev–Trinajstić information content (AvgIpc) is 3.15. The Morgan fingerprint density at radius 3 is 1.78 bits per heavy atom. The molecule has 1 aromatic carbocycles. The Morgan fingerprint density at radius 2 is 1.16 bits per heavy atom. The topological polar surface area (TPSA) is 349 Å². The van der Waals surface area contributed by atoms with Gasteiger partial charge in [0.25, 0.3) is 0 Å². The number of nitrogens with zero attached hydrogens (tertiary/aromatic N) is 1. The molecule has 5 rings (SSSR count). The zero-order chi connectivity index (χ0) is 40.1. The van der Waals surface area contributed by atoms with E-state index in [4.69, 9.17) is 42.6 Å². The summed E-state index contributed by atoms with van der Waals surface area (Å²) < 4.78 is 49.4. The molecule has 0 amide bonds. The highest BCUT2D eigenvalue weighted by Gasteiger charge is 2.57. The number of hydrogen-bond acceptors (Lipinski definition) is 21. The van der Waals surface area contributed by atoms with Crippen molar-refractivity contribution in [3.8, 4) is 0 Å². The number of esters is 1. The molecule has 4 aliphatic heterocycles. The second-order valence-corrected chi connectivity index (χ2v) is 12.9. The van der Waals surface area contributed by atoms with Crippen molar-refractivity contribution in [1.29, 1.82) is 0 Å². The van der Waals surface area contributed by atoms with Gasteiger partial charge >= 0.3 is 17.9 Å². The molecule has 1 aromatic rings. The lowest BCUT2D eigenvalue weighted by molar-refractivity contribution is -0.374. The number of benzene rings is 1. The number of aliphatic hydroxyl groups is 8. The molecule has 308 valence electrons. The maximum atomic E-state index is 13.3. The summed E-state index contributed by atoms with van der Waals surface area (Å²) in [7, 11) is 0. The predicted molar refractivity (Wildman–Crippen MR) is 171 cm³/mol. The number of aliphatic carboxylic acids is 2. The van der Waals surface area contributed by atoms with Crippen molar-refractivity contribution >= 4 is 24.6 Å². The van der Waals surface area contributed by atoms with Crippen molar-refractivity contribution in [2.24, 2.45) is 4.99 Å². The summed E-state index contributed by atoms with van der Waals surface area (Å²) in [5.41, 5.74) is -0.0572. The van der Waals surface area contributed by atoms with Gasteiger partial charge in [0, 0.05) is 0 Å². The van der Waals surface area contributed by atoms with E-state index in [1.54, 1.807) is 6.07 Å². The van der Waals surface area contributed by atoms with Crippen LogP contribution in [0.3, 0.4) is 0 Å². The number of hydrogen-bond donors (Lipinski definition) is 10. The molecule has 0 spiro atoms. The van der Waals surface area contributed by atoms with E-state index in [-0.39, 0.29) is 18.7 Å². The van der Waals surface area contributed by atoms with Crippen LogP contribution in [0.2, 0.25) is 0 Å². The Kier molecular flexibility index (Phi) is 14.6. The van der Waals surface area contributed by atoms with Crippen LogP contribution < -0.4 is 0 Å². The maximum Gasteiger partial charge on any atom is 0.338 e. The van der Waals surface area contributed by atoms with Gasteiger partial charge in [0.2, 0.25) is 0 Å². The second-order valence-electron chi connectivity index (χ2n) is 12.9. The smallest absolute Gasteiger partial charge is 0.338 e. The number of carbonyl (C=O) groups excluding carboxylic acids is 1. The van der Waals surface area contributed by atoms with Crippen LogP contribution >= 0.6 is 0 Å². The molecule has 10 N–H and O–H groups in total. The van der Waals surface area contributed by atoms with Gasteiger partial charge in [-0.25, -0.2) is 14.4 Å². The van der Waals surface area contributed by atoms with E-state index in [0.717, 1.165) is 0 Å². The van der Waals surface area contributed by atoms with Gasteiger partial charge in [-0.05, 0) is 18.9 Å². The third kappa shape index (κ3) is 9.62. The molecular formula is C32H43NO22. The molecule has 0 aliphatic carbocycles. The summed E-state index contributed by atoms with van der Waals surface area (Å²) in [6.45, 7) is 1.83. The van der Waals surface area contributed by atoms with Crippen molar-refractivity contribution in [3.05, 3.63) is 35.9 Å².